The molecule has 94 valence electrons. The number of nitro benzene ring substituents is 1. The van der Waals surface area contributed by atoms with Crippen molar-refractivity contribution < 1.29 is 4.92 Å². The molecule has 0 amide bonds. The van der Waals surface area contributed by atoms with Crippen molar-refractivity contribution in [2.45, 2.75) is 12.8 Å². The predicted octanol–water partition coefficient (Wildman–Crippen LogP) is 1.27. The Morgan fingerprint density at radius 3 is 2.67 bits per heavy atom. The summed E-state index contributed by atoms with van der Waals surface area (Å²) in [6, 6.07) is 6.14. The molecule has 0 radical (unpaired) electrons. The molecule has 7 nitrogen and oxygen atoms in total. The van der Waals surface area contributed by atoms with Crippen LogP contribution in [0.3, 0.4) is 0 Å². The van der Waals surface area contributed by atoms with Gasteiger partial charge >= 0.3 is 0 Å². The zero-order valence-electron chi connectivity index (χ0n) is 9.67. The second-order valence-corrected chi connectivity index (χ2v) is 3.80. The summed E-state index contributed by atoms with van der Waals surface area (Å²) in [4.78, 5) is 14.4. The highest BCUT2D eigenvalue weighted by Crippen LogP contribution is 2.19. The van der Waals surface area contributed by atoms with Crippen molar-refractivity contribution in [2.24, 2.45) is 5.73 Å². The maximum Gasteiger partial charge on any atom is 0.269 e. The molecule has 18 heavy (non-hydrogen) atoms. The third-order valence-electron chi connectivity index (χ3n) is 2.49. The van der Waals surface area contributed by atoms with Gasteiger partial charge in [0.1, 0.15) is 5.82 Å². The minimum atomic E-state index is -0.436. The van der Waals surface area contributed by atoms with Gasteiger partial charge < -0.3 is 5.73 Å². The summed E-state index contributed by atoms with van der Waals surface area (Å²) in [7, 11) is 0. The smallest absolute Gasteiger partial charge is 0.269 e. The Morgan fingerprint density at radius 1 is 1.33 bits per heavy atom. The highest BCUT2D eigenvalue weighted by atomic mass is 16.6. The Balaban J connectivity index is 2.15. The molecule has 0 aliphatic carbocycles. The average molecular weight is 247 g/mol. The van der Waals surface area contributed by atoms with Gasteiger partial charge in [-0.1, -0.05) is 0 Å². The maximum absolute atomic E-state index is 10.5. The molecule has 0 aliphatic rings. The van der Waals surface area contributed by atoms with Crippen LogP contribution in [0.25, 0.3) is 11.4 Å². The molecule has 7 heteroatoms. The number of hydrogen-bond acceptors (Lipinski definition) is 5. The van der Waals surface area contributed by atoms with E-state index >= 15 is 0 Å². The molecule has 0 bridgehead atoms. The number of aryl methyl sites for hydroxylation is 1. The largest absolute Gasteiger partial charge is 0.330 e. The Morgan fingerprint density at radius 2 is 2.06 bits per heavy atom. The van der Waals surface area contributed by atoms with Crippen molar-refractivity contribution in [1.29, 1.82) is 0 Å². The van der Waals surface area contributed by atoms with Crippen molar-refractivity contribution in [1.82, 2.24) is 15.2 Å². The average Bonchev–Trinajstić information content (AvgIpc) is 2.85. The van der Waals surface area contributed by atoms with Crippen LogP contribution >= 0.6 is 0 Å². The van der Waals surface area contributed by atoms with Crippen molar-refractivity contribution in [3.63, 3.8) is 0 Å². The zero-order valence-corrected chi connectivity index (χ0v) is 9.67. The standard InChI is InChI=1S/C11H13N5O2/c12-7-1-2-10-13-11(15-14-10)8-3-5-9(6-4-8)16(17)18/h3-6H,1-2,7,12H2,(H,13,14,15). The van der Waals surface area contributed by atoms with E-state index in [0.717, 1.165) is 24.2 Å². The van der Waals surface area contributed by atoms with Crippen molar-refractivity contribution in [3.05, 3.63) is 40.2 Å². The molecule has 0 spiro atoms. The van der Waals surface area contributed by atoms with Gasteiger partial charge in [0.05, 0.1) is 4.92 Å². The van der Waals surface area contributed by atoms with Gasteiger partial charge in [-0.05, 0) is 25.1 Å². The molecular weight excluding hydrogens is 234 g/mol. The van der Waals surface area contributed by atoms with E-state index in [1.165, 1.54) is 12.1 Å². The van der Waals surface area contributed by atoms with E-state index in [-0.39, 0.29) is 5.69 Å². The van der Waals surface area contributed by atoms with Gasteiger partial charge in [0.15, 0.2) is 5.82 Å². The molecule has 2 aromatic rings. The first kappa shape index (κ1) is 12.2. The first-order valence-corrected chi connectivity index (χ1v) is 5.57. The second kappa shape index (κ2) is 5.37. The Kier molecular flexibility index (Phi) is 3.63. The number of nitro groups is 1. The second-order valence-electron chi connectivity index (χ2n) is 3.80. The molecule has 0 unspecified atom stereocenters. The quantitative estimate of drug-likeness (QED) is 0.610. The SMILES string of the molecule is NCCCc1nc(-c2ccc([N+](=O)[O-])cc2)n[nH]1. The lowest BCUT2D eigenvalue weighted by Gasteiger charge is -1.94. The Hall–Kier alpha value is -2.28. The summed E-state index contributed by atoms with van der Waals surface area (Å²) in [5.41, 5.74) is 6.21. The molecule has 1 aromatic carbocycles. The third-order valence-corrected chi connectivity index (χ3v) is 2.49. The molecule has 1 aromatic heterocycles. The third kappa shape index (κ3) is 2.69. The van der Waals surface area contributed by atoms with Crippen molar-refractivity contribution in [3.8, 4) is 11.4 Å². The summed E-state index contributed by atoms with van der Waals surface area (Å²) in [5.74, 6) is 1.31. The molecule has 0 fully saturated rings. The molecular formula is C11H13N5O2. The summed E-state index contributed by atoms with van der Waals surface area (Å²) in [6.45, 7) is 0.605. The number of non-ortho nitro benzene ring substituents is 1. The van der Waals surface area contributed by atoms with Gasteiger partial charge in [0.2, 0.25) is 0 Å². The van der Waals surface area contributed by atoms with Gasteiger partial charge in [0, 0.05) is 24.1 Å². The fraction of sp³-hybridized carbons (Fsp3) is 0.273. The Bertz CT molecular complexity index is 535. The lowest BCUT2D eigenvalue weighted by molar-refractivity contribution is -0.384. The lowest BCUT2D eigenvalue weighted by atomic mass is 10.2. The normalized spacial score (nSPS) is 10.5. The number of aromatic nitrogens is 3. The summed E-state index contributed by atoms with van der Waals surface area (Å²) in [5, 5.41) is 17.4. The van der Waals surface area contributed by atoms with Gasteiger partial charge in [-0.2, -0.15) is 5.10 Å². The van der Waals surface area contributed by atoms with Crippen LogP contribution in [0.5, 0.6) is 0 Å². The van der Waals surface area contributed by atoms with Crippen LogP contribution in [0.1, 0.15) is 12.2 Å². The molecule has 0 atom stereocenters. The van der Waals surface area contributed by atoms with E-state index in [1.807, 2.05) is 0 Å². The number of nitrogens with two attached hydrogens (primary N) is 1. The van der Waals surface area contributed by atoms with Crippen LogP contribution in [0.15, 0.2) is 24.3 Å². The summed E-state index contributed by atoms with van der Waals surface area (Å²) < 4.78 is 0. The van der Waals surface area contributed by atoms with Crippen LogP contribution in [0, 0.1) is 10.1 Å². The van der Waals surface area contributed by atoms with E-state index in [4.69, 9.17) is 5.73 Å². The fourth-order valence-corrected chi connectivity index (χ4v) is 1.54. The number of benzene rings is 1. The lowest BCUT2D eigenvalue weighted by Crippen LogP contribution is -2.01. The molecule has 1 heterocycles. The van der Waals surface area contributed by atoms with E-state index in [0.29, 0.717) is 12.4 Å². The van der Waals surface area contributed by atoms with Gasteiger partial charge in [-0.25, -0.2) is 4.98 Å². The number of aromatic amines is 1. The van der Waals surface area contributed by atoms with E-state index in [1.54, 1.807) is 12.1 Å². The zero-order chi connectivity index (χ0) is 13.0. The van der Waals surface area contributed by atoms with Crippen LogP contribution in [0.4, 0.5) is 5.69 Å². The number of H-pyrrole nitrogens is 1. The van der Waals surface area contributed by atoms with Crippen LogP contribution < -0.4 is 5.73 Å². The van der Waals surface area contributed by atoms with Crippen LogP contribution in [-0.2, 0) is 6.42 Å². The number of rotatable bonds is 5. The molecule has 0 saturated carbocycles. The molecule has 2 rings (SSSR count). The topological polar surface area (TPSA) is 111 Å². The minimum Gasteiger partial charge on any atom is -0.330 e. The van der Waals surface area contributed by atoms with E-state index in [9.17, 15) is 10.1 Å². The van der Waals surface area contributed by atoms with Gasteiger partial charge in [-0.3, -0.25) is 15.2 Å². The summed E-state index contributed by atoms with van der Waals surface area (Å²) in [6.07, 6.45) is 1.59. The molecule has 3 N–H and O–H groups in total. The molecule has 0 saturated heterocycles. The highest BCUT2D eigenvalue weighted by molar-refractivity contribution is 5.56. The highest BCUT2D eigenvalue weighted by Gasteiger charge is 2.08. The van der Waals surface area contributed by atoms with Gasteiger partial charge in [0.25, 0.3) is 5.69 Å². The minimum absolute atomic E-state index is 0.0534. The first-order chi connectivity index (χ1) is 8.70. The van der Waals surface area contributed by atoms with Crippen molar-refractivity contribution in [2.75, 3.05) is 6.54 Å². The summed E-state index contributed by atoms with van der Waals surface area (Å²) >= 11 is 0. The fourth-order valence-electron chi connectivity index (χ4n) is 1.54. The number of nitrogens with zero attached hydrogens (tertiary/aromatic N) is 3. The maximum atomic E-state index is 10.5. The van der Waals surface area contributed by atoms with E-state index < -0.39 is 4.92 Å². The van der Waals surface area contributed by atoms with Crippen molar-refractivity contribution >= 4 is 5.69 Å². The monoisotopic (exact) mass is 247 g/mol. The number of hydrogen-bond donors (Lipinski definition) is 2. The van der Waals surface area contributed by atoms with Crippen LogP contribution in [0.2, 0.25) is 0 Å². The Labute approximate surface area is 103 Å². The number of nitrogens with one attached hydrogen (secondary N) is 1. The van der Waals surface area contributed by atoms with Crippen LogP contribution in [-0.4, -0.2) is 26.6 Å². The predicted molar refractivity (Wildman–Crippen MR) is 65.8 cm³/mol. The first-order valence-electron chi connectivity index (χ1n) is 5.57. The molecule has 0 aliphatic heterocycles. The van der Waals surface area contributed by atoms with E-state index in [2.05, 4.69) is 15.2 Å². The van der Waals surface area contributed by atoms with Gasteiger partial charge in [-0.15, -0.1) is 0 Å².